The third-order valence-electron chi connectivity index (χ3n) is 3.25. The van der Waals surface area contributed by atoms with Crippen LogP contribution in [0.3, 0.4) is 0 Å². The number of piperidine rings is 1. The molecule has 0 spiro atoms. The van der Waals surface area contributed by atoms with Crippen LogP contribution in [0.15, 0.2) is 0 Å². The minimum Gasteiger partial charge on any atom is -0.329 e. The Morgan fingerprint density at radius 1 is 1.40 bits per heavy atom. The first-order valence-corrected chi connectivity index (χ1v) is 5.47. The van der Waals surface area contributed by atoms with E-state index >= 15 is 0 Å². The van der Waals surface area contributed by atoms with Crippen molar-refractivity contribution in [1.29, 1.82) is 0 Å². The summed E-state index contributed by atoms with van der Waals surface area (Å²) in [5.41, 5.74) is 0. The number of imide groups is 1. The maximum atomic E-state index is 11.4. The van der Waals surface area contributed by atoms with E-state index in [1.807, 2.05) is 0 Å². The summed E-state index contributed by atoms with van der Waals surface area (Å²) in [5.74, 6) is -0.0982. The van der Waals surface area contributed by atoms with Crippen LogP contribution in [0.25, 0.3) is 0 Å². The second-order valence-electron chi connectivity index (χ2n) is 4.29. The zero-order valence-electron chi connectivity index (χ0n) is 9.03. The quantitative estimate of drug-likeness (QED) is 0.655. The Morgan fingerprint density at radius 2 is 2.20 bits per heavy atom. The highest BCUT2D eigenvalue weighted by atomic mass is 16.2. The number of likely N-dealkylation sites (N-methyl/N-ethyl adjacent to an activating group) is 1. The fourth-order valence-electron chi connectivity index (χ4n) is 2.23. The molecule has 5 heteroatoms. The molecule has 2 saturated heterocycles. The van der Waals surface area contributed by atoms with E-state index in [2.05, 4.69) is 17.3 Å². The molecule has 0 aromatic heterocycles. The fraction of sp³-hybridized carbons (Fsp3) is 0.800. The molecule has 2 rings (SSSR count). The van der Waals surface area contributed by atoms with E-state index in [1.54, 1.807) is 0 Å². The highest BCUT2D eigenvalue weighted by molar-refractivity contribution is 6.01. The van der Waals surface area contributed by atoms with Crippen molar-refractivity contribution in [2.24, 2.45) is 0 Å². The molecule has 0 saturated carbocycles. The number of nitrogens with one attached hydrogen (secondary N) is 1. The van der Waals surface area contributed by atoms with Crippen LogP contribution in [0.1, 0.15) is 19.3 Å². The molecule has 15 heavy (non-hydrogen) atoms. The molecule has 0 aromatic rings. The Labute approximate surface area is 89.4 Å². The lowest BCUT2D eigenvalue weighted by molar-refractivity contribution is -0.125. The SMILES string of the molecule is CN1CCCCC1CN1C(=O)CNC1=O. The predicted octanol–water partition coefficient (Wildman–Crippen LogP) is 0.0225. The first-order chi connectivity index (χ1) is 7.18. The number of urea groups is 1. The molecule has 3 amide bonds. The van der Waals surface area contributed by atoms with Gasteiger partial charge in [0.25, 0.3) is 0 Å². The summed E-state index contributed by atoms with van der Waals surface area (Å²) in [4.78, 5) is 26.3. The first kappa shape index (κ1) is 10.4. The van der Waals surface area contributed by atoms with Crippen molar-refractivity contribution in [3.8, 4) is 0 Å². The van der Waals surface area contributed by atoms with E-state index in [9.17, 15) is 9.59 Å². The average Bonchev–Trinajstić information content (AvgIpc) is 2.53. The van der Waals surface area contributed by atoms with Crippen LogP contribution >= 0.6 is 0 Å². The molecule has 1 atom stereocenters. The van der Waals surface area contributed by atoms with Crippen LogP contribution in [-0.2, 0) is 4.79 Å². The van der Waals surface area contributed by atoms with Gasteiger partial charge in [-0.1, -0.05) is 6.42 Å². The number of carbonyl (C=O) groups excluding carboxylic acids is 2. The molecule has 1 unspecified atom stereocenters. The fourth-order valence-corrected chi connectivity index (χ4v) is 2.23. The van der Waals surface area contributed by atoms with Crippen LogP contribution in [0.4, 0.5) is 4.79 Å². The van der Waals surface area contributed by atoms with Gasteiger partial charge in [-0.15, -0.1) is 0 Å². The van der Waals surface area contributed by atoms with Crippen molar-refractivity contribution in [2.45, 2.75) is 25.3 Å². The number of amides is 3. The molecule has 2 fully saturated rings. The largest absolute Gasteiger partial charge is 0.329 e. The summed E-state index contributed by atoms with van der Waals surface area (Å²) < 4.78 is 0. The maximum Gasteiger partial charge on any atom is 0.324 e. The zero-order valence-corrected chi connectivity index (χ0v) is 9.03. The smallest absolute Gasteiger partial charge is 0.324 e. The molecule has 0 aromatic carbocycles. The van der Waals surface area contributed by atoms with Gasteiger partial charge in [0.15, 0.2) is 0 Å². The van der Waals surface area contributed by atoms with Gasteiger partial charge in [-0.3, -0.25) is 9.69 Å². The molecule has 0 aliphatic carbocycles. The highest BCUT2D eigenvalue weighted by Crippen LogP contribution is 2.16. The molecule has 5 nitrogen and oxygen atoms in total. The van der Waals surface area contributed by atoms with Crippen LogP contribution in [0.2, 0.25) is 0 Å². The van der Waals surface area contributed by atoms with E-state index in [4.69, 9.17) is 0 Å². The zero-order chi connectivity index (χ0) is 10.8. The highest BCUT2D eigenvalue weighted by Gasteiger charge is 2.32. The summed E-state index contributed by atoms with van der Waals surface area (Å²) in [6.07, 6.45) is 3.49. The minimum atomic E-state index is -0.237. The Hall–Kier alpha value is -1.10. The van der Waals surface area contributed by atoms with Gasteiger partial charge >= 0.3 is 6.03 Å². The van der Waals surface area contributed by atoms with Crippen molar-refractivity contribution in [1.82, 2.24) is 15.1 Å². The molecule has 2 aliphatic heterocycles. The second kappa shape index (κ2) is 4.18. The summed E-state index contributed by atoms with van der Waals surface area (Å²) in [5, 5.41) is 2.54. The van der Waals surface area contributed by atoms with Gasteiger partial charge in [-0.2, -0.15) is 0 Å². The molecule has 0 bridgehead atoms. The number of likely N-dealkylation sites (tertiary alicyclic amines) is 1. The Kier molecular flexibility index (Phi) is 2.90. The molecule has 0 radical (unpaired) electrons. The van der Waals surface area contributed by atoms with E-state index in [1.165, 1.54) is 17.7 Å². The molecular weight excluding hydrogens is 194 g/mol. The molecule has 2 heterocycles. The van der Waals surface area contributed by atoms with Gasteiger partial charge in [-0.25, -0.2) is 4.79 Å². The van der Waals surface area contributed by atoms with Gasteiger partial charge in [-0.05, 0) is 26.4 Å². The van der Waals surface area contributed by atoms with E-state index < -0.39 is 0 Å². The van der Waals surface area contributed by atoms with Crippen LogP contribution in [-0.4, -0.2) is 54.5 Å². The second-order valence-corrected chi connectivity index (χ2v) is 4.29. The Bertz CT molecular complexity index is 264. The lowest BCUT2D eigenvalue weighted by Crippen LogP contribution is -2.46. The van der Waals surface area contributed by atoms with Crippen molar-refractivity contribution < 1.29 is 9.59 Å². The number of nitrogens with zero attached hydrogens (tertiary/aromatic N) is 2. The Morgan fingerprint density at radius 3 is 2.80 bits per heavy atom. The number of rotatable bonds is 2. The Balaban J connectivity index is 1.95. The molecule has 84 valence electrons. The summed E-state index contributed by atoms with van der Waals surface area (Å²) in [6, 6.07) is 0.102. The third-order valence-corrected chi connectivity index (χ3v) is 3.25. The predicted molar refractivity (Wildman–Crippen MR) is 55.4 cm³/mol. The minimum absolute atomic E-state index is 0.0982. The van der Waals surface area contributed by atoms with E-state index in [0.717, 1.165) is 13.0 Å². The van der Waals surface area contributed by atoms with Gasteiger partial charge in [0.05, 0.1) is 6.54 Å². The molecule has 1 N–H and O–H groups in total. The summed E-state index contributed by atoms with van der Waals surface area (Å²) in [7, 11) is 2.06. The van der Waals surface area contributed by atoms with Crippen LogP contribution in [0, 0.1) is 0 Å². The van der Waals surface area contributed by atoms with Gasteiger partial charge in [0, 0.05) is 12.6 Å². The molecular formula is C10H17N3O2. The van der Waals surface area contributed by atoms with Crippen LogP contribution < -0.4 is 5.32 Å². The van der Waals surface area contributed by atoms with Crippen molar-refractivity contribution in [2.75, 3.05) is 26.7 Å². The lowest BCUT2D eigenvalue weighted by atomic mass is 10.0. The summed E-state index contributed by atoms with van der Waals surface area (Å²) >= 11 is 0. The average molecular weight is 211 g/mol. The summed E-state index contributed by atoms with van der Waals surface area (Å²) in [6.45, 7) is 1.77. The van der Waals surface area contributed by atoms with Crippen LogP contribution in [0.5, 0.6) is 0 Å². The monoisotopic (exact) mass is 211 g/mol. The van der Waals surface area contributed by atoms with Gasteiger partial charge in [0.1, 0.15) is 0 Å². The van der Waals surface area contributed by atoms with Crippen molar-refractivity contribution >= 4 is 11.9 Å². The third kappa shape index (κ3) is 2.12. The molecule has 2 aliphatic rings. The maximum absolute atomic E-state index is 11.4. The van der Waals surface area contributed by atoms with E-state index in [0.29, 0.717) is 12.6 Å². The number of hydrogen-bond donors (Lipinski definition) is 1. The van der Waals surface area contributed by atoms with Crippen molar-refractivity contribution in [3.05, 3.63) is 0 Å². The van der Waals surface area contributed by atoms with Gasteiger partial charge < -0.3 is 10.2 Å². The standard InChI is InChI=1S/C10H17N3O2/c1-12-5-3-2-4-8(12)7-13-9(14)6-11-10(13)15/h8H,2-7H2,1H3,(H,11,15). The normalized spacial score (nSPS) is 28.3. The topological polar surface area (TPSA) is 52.6 Å². The van der Waals surface area contributed by atoms with Gasteiger partial charge in [0.2, 0.25) is 5.91 Å². The lowest BCUT2D eigenvalue weighted by Gasteiger charge is -2.34. The number of carbonyl (C=O) groups is 2. The van der Waals surface area contributed by atoms with Crippen molar-refractivity contribution in [3.63, 3.8) is 0 Å². The number of hydrogen-bond acceptors (Lipinski definition) is 3. The van der Waals surface area contributed by atoms with E-state index in [-0.39, 0.29) is 18.5 Å². The first-order valence-electron chi connectivity index (χ1n) is 5.47.